The first-order valence-electron chi connectivity index (χ1n) is 8.40. The molecule has 124 valence electrons. The molecule has 0 atom stereocenters. The van der Waals surface area contributed by atoms with Crippen LogP contribution in [0.25, 0.3) is 10.9 Å². The Labute approximate surface area is 141 Å². The van der Waals surface area contributed by atoms with Crippen molar-refractivity contribution < 1.29 is 0 Å². The normalized spacial score (nSPS) is 16.7. The predicted octanol–water partition coefficient (Wildman–Crippen LogP) is 1.62. The molecule has 0 radical (unpaired) electrons. The molecule has 0 N–H and O–H groups in total. The Kier molecular flexibility index (Phi) is 4.23. The summed E-state index contributed by atoms with van der Waals surface area (Å²) in [6.07, 6.45) is 3.89. The van der Waals surface area contributed by atoms with Crippen molar-refractivity contribution in [3.8, 4) is 0 Å². The smallest absolute Gasteiger partial charge is 0.0967 e. The van der Waals surface area contributed by atoms with Crippen LogP contribution >= 0.6 is 0 Å². The zero-order valence-electron chi connectivity index (χ0n) is 14.0. The molecule has 0 aliphatic carbocycles. The maximum absolute atomic E-state index is 4.42. The second-order valence-corrected chi connectivity index (χ2v) is 6.52. The lowest BCUT2D eigenvalue weighted by Crippen LogP contribution is -2.43. The average molecular weight is 322 g/mol. The molecule has 0 amide bonds. The molecule has 3 aromatic rings. The SMILES string of the molecule is CN1CCN(Cc2cn(Cc3ccc4cccnc4c3)nn2)CC1. The molecule has 2 aromatic heterocycles. The van der Waals surface area contributed by atoms with E-state index in [1.807, 2.05) is 16.9 Å². The van der Waals surface area contributed by atoms with E-state index in [4.69, 9.17) is 0 Å². The molecule has 6 nitrogen and oxygen atoms in total. The third kappa shape index (κ3) is 3.44. The predicted molar refractivity (Wildman–Crippen MR) is 93.6 cm³/mol. The topological polar surface area (TPSA) is 50.1 Å². The number of hydrogen-bond acceptors (Lipinski definition) is 5. The molecule has 1 aliphatic heterocycles. The molecule has 4 rings (SSSR count). The van der Waals surface area contributed by atoms with Gasteiger partial charge in [-0.05, 0) is 24.7 Å². The van der Waals surface area contributed by atoms with Crippen LogP contribution in [-0.4, -0.2) is 63.0 Å². The lowest BCUT2D eigenvalue weighted by molar-refractivity contribution is 0.147. The first-order valence-corrected chi connectivity index (χ1v) is 8.40. The summed E-state index contributed by atoms with van der Waals surface area (Å²) in [5.41, 5.74) is 3.25. The zero-order valence-corrected chi connectivity index (χ0v) is 14.0. The summed E-state index contributed by atoms with van der Waals surface area (Å²) in [6, 6.07) is 10.4. The summed E-state index contributed by atoms with van der Waals surface area (Å²) < 4.78 is 1.91. The van der Waals surface area contributed by atoms with Crippen molar-refractivity contribution >= 4 is 10.9 Å². The van der Waals surface area contributed by atoms with E-state index < -0.39 is 0 Å². The maximum Gasteiger partial charge on any atom is 0.0967 e. The van der Waals surface area contributed by atoms with Gasteiger partial charge in [0.25, 0.3) is 0 Å². The van der Waals surface area contributed by atoms with Crippen molar-refractivity contribution in [3.63, 3.8) is 0 Å². The van der Waals surface area contributed by atoms with Crippen molar-refractivity contribution in [3.05, 3.63) is 54.0 Å². The third-order valence-electron chi connectivity index (χ3n) is 4.58. The highest BCUT2D eigenvalue weighted by molar-refractivity contribution is 5.78. The fourth-order valence-corrected chi connectivity index (χ4v) is 3.12. The summed E-state index contributed by atoms with van der Waals surface area (Å²) in [6.45, 7) is 6.05. The van der Waals surface area contributed by atoms with E-state index in [-0.39, 0.29) is 0 Å². The van der Waals surface area contributed by atoms with E-state index in [0.29, 0.717) is 0 Å². The maximum atomic E-state index is 4.42. The Bertz CT molecular complexity index is 819. The van der Waals surface area contributed by atoms with Gasteiger partial charge in [-0.3, -0.25) is 9.88 Å². The van der Waals surface area contributed by atoms with Crippen molar-refractivity contribution in [1.82, 2.24) is 29.8 Å². The van der Waals surface area contributed by atoms with Crippen LogP contribution in [0.1, 0.15) is 11.3 Å². The number of benzene rings is 1. The van der Waals surface area contributed by atoms with Gasteiger partial charge < -0.3 is 4.90 Å². The van der Waals surface area contributed by atoms with Crippen LogP contribution in [0.15, 0.2) is 42.7 Å². The molecule has 0 saturated carbocycles. The van der Waals surface area contributed by atoms with Gasteiger partial charge in [-0.15, -0.1) is 5.10 Å². The van der Waals surface area contributed by atoms with Crippen molar-refractivity contribution in [1.29, 1.82) is 0 Å². The quantitative estimate of drug-likeness (QED) is 0.730. The minimum Gasteiger partial charge on any atom is -0.304 e. The lowest BCUT2D eigenvalue weighted by Gasteiger charge is -2.31. The minimum atomic E-state index is 0.724. The summed E-state index contributed by atoms with van der Waals surface area (Å²) >= 11 is 0. The fraction of sp³-hybridized carbons (Fsp3) is 0.389. The Morgan fingerprint density at radius 1 is 1.04 bits per heavy atom. The summed E-state index contributed by atoms with van der Waals surface area (Å²) in [5.74, 6) is 0. The molecule has 3 heterocycles. The largest absolute Gasteiger partial charge is 0.304 e. The molecule has 1 saturated heterocycles. The van der Waals surface area contributed by atoms with Crippen LogP contribution < -0.4 is 0 Å². The zero-order chi connectivity index (χ0) is 16.4. The molecule has 0 spiro atoms. The highest BCUT2D eigenvalue weighted by Crippen LogP contribution is 2.14. The number of piperazine rings is 1. The molecular weight excluding hydrogens is 300 g/mol. The number of nitrogens with zero attached hydrogens (tertiary/aromatic N) is 6. The van der Waals surface area contributed by atoms with Crippen LogP contribution in [0.4, 0.5) is 0 Å². The van der Waals surface area contributed by atoms with Gasteiger partial charge in [0.15, 0.2) is 0 Å². The Morgan fingerprint density at radius 3 is 2.79 bits per heavy atom. The number of fused-ring (bicyclic) bond motifs is 1. The van der Waals surface area contributed by atoms with Crippen molar-refractivity contribution in [2.75, 3.05) is 33.2 Å². The van der Waals surface area contributed by atoms with Crippen LogP contribution in [0.3, 0.4) is 0 Å². The second-order valence-electron chi connectivity index (χ2n) is 6.52. The molecule has 24 heavy (non-hydrogen) atoms. The summed E-state index contributed by atoms with van der Waals surface area (Å²) in [4.78, 5) is 9.22. The van der Waals surface area contributed by atoms with Gasteiger partial charge in [-0.1, -0.05) is 23.4 Å². The molecule has 0 unspecified atom stereocenters. The highest BCUT2D eigenvalue weighted by atomic mass is 15.4. The minimum absolute atomic E-state index is 0.724. The Hall–Kier alpha value is -2.31. The van der Waals surface area contributed by atoms with Gasteiger partial charge in [-0.2, -0.15) is 0 Å². The lowest BCUT2D eigenvalue weighted by atomic mass is 10.1. The van der Waals surface area contributed by atoms with Gasteiger partial charge >= 0.3 is 0 Å². The molecule has 1 fully saturated rings. The van der Waals surface area contributed by atoms with Gasteiger partial charge in [0, 0.05) is 44.3 Å². The van der Waals surface area contributed by atoms with Crippen LogP contribution in [0.5, 0.6) is 0 Å². The first-order chi connectivity index (χ1) is 11.8. The second kappa shape index (κ2) is 6.67. The molecule has 1 aromatic carbocycles. The standard InChI is InChI=1S/C18H22N6/c1-22-7-9-23(10-8-22)13-17-14-24(21-20-17)12-15-4-5-16-3-2-6-19-18(16)11-15/h2-6,11,14H,7-10,12-13H2,1H3. The van der Waals surface area contributed by atoms with E-state index in [2.05, 4.69) is 62.6 Å². The van der Waals surface area contributed by atoms with E-state index in [0.717, 1.165) is 55.9 Å². The molecule has 6 heteroatoms. The van der Waals surface area contributed by atoms with Crippen molar-refractivity contribution in [2.24, 2.45) is 0 Å². The van der Waals surface area contributed by atoms with Gasteiger partial charge in [-0.25, -0.2) is 4.68 Å². The van der Waals surface area contributed by atoms with Gasteiger partial charge in [0.05, 0.1) is 24.0 Å². The average Bonchev–Trinajstić information content (AvgIpc) is 3.04. The first kappa shape index (κ1) is 15.2. The van der Waals surface area contributed by atoms with Crippen LogP contribution in [0, 0.1) is 0 Å². The number of aromatic nitrogens is 4. The van der Waals surface area contributed by atoms with Gasteiger partial charge in [0.2, 0.25) is 0 Å². The molecule has 1 aliphatic rings. The molecule has 0 bridgehead atoms. The van der Waals surface area contributed by atoms with Crippen LogP contribution in [-0.2, 0) is 13.1 Å². The fourth-order valence-electron chi connectivity index (χ4n) is 3.12. The third-order valence-corrected chi connectivity index (χ3v) is 4.58. The van der Waals surface area contributed by atoms with E-state index in [1.54, 1.807) is 0 Å². The molecular formula is C18H22N6. The van der Waals surface area contributed by atoms with Gasteiger partial charge in [0.1, 0.15) is 0 Å². The number of rotatable bonds is 4. The van der Waals surface area contributed by atoms with Crippen LogP contribution in [0.2, 0.25) is 0 Å². The monoisotopic (exact) mass is 322 g/mol. The number of likely N-dealkylation sites (N-methyl/N-ethyl adjacent to an activating group) is 1. The Morgan fingerprint density at radius 2 is 1.92 bits per heavy atom. The van der Waals surface area contributed by atoms with Crippen molar-refractivity contribution in [2.45, 2.75) is 13.1 Å². The van der Waals surface area contributed by atoms with E-state index in [9.17, 15) is 0 Å². The van der Waals surface area contributed by atoms with E-state index in [1.165, 1.54) is 5.56 Å². The Balaban J connectivity index is 1.42. The highest BCUT2D eigenvalue weighted by Gasteiger charge is 2.15. The number of hydrogen-bond donors (Lipinski definition) is 0. The van der Waals surface area contributed by atoms with E-state index >= 15 is 0 Å². The summed E-state index contributed by atoms with van der Waals surface area (Å²) in [5, 5.41) is 9.77. The number of pyridine rings is 1. The summed E-state index contributed by atoms with van der Waals surface area (Å²) in [7, 11) is 2.17.